The minimum Gasteiger partial charge on any atom is -0.505 e. The molecule has 76 valence electrons. The van der Waals surface area contributed by atoms with Crippen molar-refractivity contribution in [3.8, 4) is 5.75 Å². The lowest BCUT2D eigenvalue weighted by Crippen LogP contribution is -1.86. The molecule has 0 unspecified atom stereocenters. The lowest BCUT2D eigenvalue weighted by molar-refractivity contribution is -0.131. The maximum atomic E-state index is 10.3. The van der Waals surface area contributed by atoms with Gasteiger partial charge in [-0.25, -0.2) is 9.78 Å². The Kier molecular flexibility index (Phi) is 2.13. The van der Waals surface area contributed by atoms with Crippen molar-refractivity contribution in [2.75, 3.05) is 0 Å². The summed E-state index contributed by atoms with van der Waals surface area (Å²) in [5.74, 6) is -1.08. The van der Waals surface area contributed by atoms with Crippen molar-refractivity contribution in [3.05, 3.63) is 30.1 Å². The number of phenols is 1. The Morgan fingerprint density at radius 2 is 2.27 bits per heavy atom. The molecular formula is C10H8N2O3. The molecule has 2 rings (SSSR count). The average molecular weight is 204 g/mol. The summed E-state index contributed by atoms with van der Waals surface area (Å²) in [6, 6.07) is 3.35. The zero-order chi connectivity index (χ0) is 10.8. The second-order valence-corrected chi connectivity index (χ2v) is 2.97. The van der Waals surface area contributed by atoms with E-state index in [2.05, 4.69) is 9.97 Å². The number of nitrogens with zero attached hydrogens (tertiary/aromatic N) is 1. The maximum absolute atomic E-state index is 10.3. The molecule has 0 bridgehead atoms. The molecule has 0 aliphatic heterocycles. The highest BCUT2D eigenvalue weighted by molar-refractivity contribution is 5.90. The smallest absolute Gasteiger partial charge is 0.328 e. The molecule has 3 N–H and O–H groups in total. The van der Waals surface area contributed by atoms with Crippen molar-refractivity contribution in [2.24, 2.45) is 0 Å². The molecule has 0 fully saturated rings. The van der Waals surface area contributed by atoms with Crippen LogP contribution in [0.4, 0.5) is 0 Å². The number of nitrogens with one attached hydrogen (secondary N) is 1. The molecule has 0 radical (unpaired) electrons. The standard InChI is InChI=1S/C10H8N2O3/c13-8(14)4-2-6-1-3-7-9(10(6)15)12-5-11-7/h1-5,15H,(H,11,12)(H,13,14)/b4-2+. The van der Waals surface area contributed by atoms with E-state index in [1.54, 1.807) is 12.1 Å². The molecule has 1 aromatic heterocycles. The van der Waals surface area contributed by atoms with Gasteiger partial charge in [0.25, 0.3) is 0 Å². The van der Waals surface area contributed by atoms with Gasteiger partial charge in [0.05, 0.1) is 11.8 Å². The number of aromatic nitrogens is 2. The maximum Gasteiger partial charge on any atom is 0.328 e. The Morgan fingerprint density at radius 3 is 3.00 bits per heavy atom. The van der Waals surface area contributed by atoms with E-state index < -0.39 is 5.97 Å². The number of phenolic OH excluding ortho intramolecular Hbond substituents is 1. The molecule has 5 nitrogen and oxygen atoms in total. The van der Waals surface area contributed by atoms with E-state index in [9.17, 15) is 9.90 Å². The first-order valence-corrected chi connectivity index (χ1v) is 4.24. The average Bonchev–Trinajstić information content (AvgIpc) is 2.65. The van der Waals surface area contributed by atoms with Crippen LogP contribution in [0.5, 0.6) is 5.75 Å². The first kappa shape index (κ1) is 9.26. The first-order chi connectivity index (χ1) is 7.18. The van der Waals surface area contributed by atoms with E-state index >= 15 is 0 Å². The van der Waals surface area contributed by atoms with Gasteiger partial charge >= 0.3 is 5.97 Å². The SMILES string of the molecule is O=C(O)/C=C/c1ccc2[nH]cnc2c1O. The van der Waals surface area contributed by atoms with Crippen LogP contribution in [-0.2, 0) is 4.79 Å². The minimum atomic E-state index is -1.06. The summed E-state index contributed by atoms with van der Waals surface area (Å²) in [6.07, 6.45) is 3.76. The number of carboxylic acid groups (broad SMARTS) is 1. The van der Waals surface area contributed by atoms with Gasteiger partial charge < -0.3 is 15.2 Å². The van der Waals surface area contributed by atoms with Crippen LogP contribution in [0.3, 0.4) is 0 Å². The van der Waals surface area contributed by atoms with Crippen molar-refractivity contribution < 1.29 is 15.0 Å². The number of rotatable bonds is 2. The number of aromatic amines is 1. The summed E-state index contributed by atoms with van der Waals surface area (Å²) in [7, 11) is 0. The van der Waals surface area contributed by atoms with Gasteiger partial charge in [0.2, 0.25) is 0 Å². The van der Waals surface area contributed by atoms with E-state index in [0.717, 1.165) is 6.08 Å². The number of hydrogen-bond donors (Lipinski definition) is 3. The van der Waals surface area contributed by atoms with Crippen LogP contribution < -0.4 is 0 Å². The van der Waals surface area contributed by atoms with Crippen LogP contribution in [0.25, 0.3) is 17.1 Å². The van der Waals surface area contributed by atoms with Gasteiger partial charge in [-0.2, -0.15) is 0 Å². The third kappa shape index (κ3) is 1.67. The molecule has 0 amide bonds. The van der Waals surface area contributed by atoms with Crippen molar-refractivity contribution in [3.63, 3.8) is 0 Å². The Bertz CT molecular complexity index is 543. The Labute approximate surface area is 84.7 Å². The molecular weight excluding hydrogens is 196 g/mol. The number of aliphatic carboxylic acids is 1. The monoisotopic (exact) mass is 204 g/mol. The minimum absolute atomic E-state index is 0.0220. The van der Waals surface area contributed by atoms with Crippen LogP contribution >= 0.6 is 0 Å². The Morgan fingerprint density at radius 1 is 1.47 bits per heavy atom. The summed E-state index contributed by atoms with van der Waals surface area (Å²) in [5.41, 5.74) is 1.57. The number of carboxylic acids is 1. The zero-order valence-corrected chi connectivity index (χ0v) is 7.64. The van der Waals surface area contributed by atoms with Crippen molar-refractivity contribution in [2.45, 2.75) is 0 Å². The number of fused-ring (bicyclic) bond motifs is 1. The van der Waals surface area contributed by atoms with Gasteiger partial charge in [-0.15, -0.1) is 0 Å². The third-order valence-electron chi connectivity index (χ3n) is 2.00. The summed E-state index contributed by atoms with van der Waals surface area (Å²) >= 11 is 0. The summed E-state index contributed by atoms with van der Waals surface area (Å²) in [6.45, 7) is 0. The largest absolute Gasteiger partial charge is 0.505 e. The quantitative estimate of drug-likeness (QED) is 0.645. The Hall–Kier alpha value is -2.30. The molecule has 0 saturated carbocycles. The lowest BCUT2D eigenvalue weighted by atomic mass is 10.1. The third-order valence-corrected chi connectivity index (χ3v) is 2.00. The molecule has 0 atom stereocenters. The molecule has 2 aromatic rings. The van der Waals surface area contributed by atoms with Crippen molar-refractivity contribution in [1.82, 2.24) is 9.97 Å². The van der Waals surface area contributed by atoms with E-state index in [4.69, 9.17) is 5.11 Å². The van der Waals surface area contributed by atoms with Gasteiger partial charge in [-0.3, -0.25) is 0 Å². The molecule has 15 heavy (non-hydrogen) atoms. The van der Waals surface area contributed by atoms with Crippen molar-refractivity contribution in [1.29, 1.82) is 0 Å². The van der Waals surface area contributed by atoms with E-state index in [0.29, 0.717) is 16.6 Å². The zero-order valence-electron chi connectivity index (χ0n) is 7.64. The van der Waals surface area contributed by atoms with Crippen LogP contribution in [0.2, 0.25) is 0 Å². The van der Waals surface area contributed by atoms with Crippen molar-refractivity contribution >= 4 is 23.1 Å². The van der Waals surface area contributed by atoms with Gasteiger partial charge in [0, 0.05) is 11.6 Å². The summed E-state index contributed by atoms with van der Waals surface area (Å²) < 4.78 is 0. The second kappa shape index (κ2) is 3.45. The van der Waals surface area contributed by atoms with Crippen LogP contribution in [0, 0.1) is 0 Å². The molecule has 0 aliphatic carbocycles. The van der Waals surface area contributed by atoms with Gasteiger partial charge in [-0.05, 0) is 18.2 Å². The molecule has 1 heterocycles. The molecule has 0 spiro atoms. The number of benzene rings is 1. The molecule has 0 aliphatic rings. The number of carbonyl (C=O) groups is 1. The fourth-order valence-corrected chi connectivity index (χ4v) is 1.30. The van der Waals surface area contributed by atoms with Gasteiger partial charge in [0.1, 0.15) is 5.52 Å². The number of imidazole rings is 1. The molecule has 5 heteroatoms. The first-order valence-electron chi connectivity index (χ1n) is 4.24. The number of aromatic hydroxyl groups is 1. The summed E-state index contributed by atoms with van der Waals surface area (Å²) in [5, 5.41) is 18.2. The number of hydrogen-bond acceptors (Lipinski definition) is 3. The molecule has 0 saturated heterocycles. The summed E-state index contributed by atoms with van der Waals surface area (Å²) in [4.78, 5) is 17.1. The fourth-order valence-electron chi connectivity index (χ4n) is 1.30. The van der Waals surface area contributed by atoms with Crippen LogP contribution in [0.1, 0.15) is 5.56 Å². The predicted molar refractivity (Wildman–Crippen MR) is 54.4 cm³/mol. The lowest BCUT2D eigenvalue weighted by Gasteiger charge is -1.98. The normalized spacial score (nSPS) is 11.2. The highest BCUT2D eigenvalue weighted by Gasteiger charge is 2.05. The van der Waals surface area contributed by atoms with Crippen LogP contribution in [0.15, 0.2) is 24.5 Å². The fraction of sp³-hybridized carbons (Fsp3) is 0. The highest BCUT2D eigenvalue weighted by Crippen LogP contribution is 2.26. The predicted octanol–water partition coefficient (Wildman–Crippen LogP) is 1.37. The van der Waals surface area contributed by atoms with E-state index in [-0.39, 0.29) is 5.75 Å². The second-order valence-electron chi connectivity index (χ2n) is 2.97. The highest BCUT2D eigenvalue weighted by atomic mass is 16.4. The Balaban J connectivity index is 2.52. The van der Waals surface area contributed by atoms with E-state index in [1.165, 1.54) is 12.4 Å². The molecule has 1 aromatic carbocycles. The number of H-pyrrole nitrogens is 1. The van der Waals surface area contributed by atoms with E-state index in [1.807, 2.05) is 0 Å². The van der Waals surface area contributed by atoms with Crippen LogP contribution in [-0.4, -0.2) is 26.2 Å². The van der Waals surface area contributed by atoms with Gasteiger partial charge in [0.15, 0.2) is 5.75 Å². The topological polar surface area (TPSA) is 86.2 Å². The van der Waals surface area contributed by atoms with Gasteiger partial charge in [-0.1, -0.05) is 0 Å².